The van der Waals surface area contributed by atoms with Crippen molar-refractivity contribution in [2.75, 3.05) is 5.32 Å². The molecule has 0 aliphatic rings. The fourth-order valence-corrected chi connectivity index (χ4v) is 2.02. The first-order valence-corrected chi connectivity index (χ1v) is 5.76. The van der Waals surface area contributed by atoms with Crippen LogP contribution in [0.2, 0.25) is 0 Å². The zero-order valence-electron chi connectivity index (χ0n) is 9.72. The van der Waals surface area contributed by atoms with Gasteiger partial charge < -0.3 is 15.4 Å². The van der Waals surface area contributed by atoms with E-state index in [1.807, 2.05) is 30.3 Å². The highest BCUT2D eigenvalue weighted by Gasteiger charge is 2.03. The number of aromatic nitrogens is 2. The minimum atomic E-state index is 0.303. The van der Waals surface area contributed by atoms with E-state index in [0.717, 1.165) is 22.2 Å². The molecule has 0 fully saturated rings. The summed E-state index contributed by atoms with van der Waals surface area (Å²) in [6, 6.07) is 11.4. The van der Waals surface area contributed by atoms with Gasteiger partial charge in [-0.2, -0.15) is 0 Å². The normalized spacial score (nSPS) is 10.7. The first-order valence-electron chi connectivity index (χ1n) is 5.76. The Labute approximate surface area is 104 Å². The monoisotopic (exact) mass is 239 g/mol. The number of aromatic hydroxyl groups is 1. The molecule has 0 bridgehead atoms. The van der Waals surface area contributed by atoms with Crippen LogP contribution in [0.4, 0.5) is 5.69 Å². The number of nitrogens with one attached hydrogen (secondary N) is 2. The number of rotatable bonds is 3. The largest absolute Gasteiger partial charge is 0.507 e. The Kier molecular flexibility index (Phi) is 2.61. The molecule has 0 spiro atoms. The van der Waals surface area contributed by atoms with Crippen LogP contribution >= 0.6 is 0 Å². The summed E-state index contributed by atoms with van der Waals surface area (Å²) in [4.78, 5) is 7.02. The maximum absolute atomic E-state index is 9.80. The SMILES string of the molecule is Oc1cccc2c(NCc3cnc[nH]3)cccc12. The summed E-state index contributed by atoms with van der Waals surface area (Å²) in [5.41, 5.74) is 2.02. The minimum Gasteiger partial charge on any atom is -0.507 e. The molecule has 90 valence electrons. The van der Waals surface area contributed by atoms with E-state index in [9.17, 15) is 5.11 Å². The van der Waals surface area contributed by atoms with E-state index in [1.165, 1.54) is 0 Å². The molecule has 0 saturated heterocycles. The van der Waals surface area contributed by atoms with Crippen LogP contribution in [-0.2, 0) is 6.54 Å². The maximum Gasteiger partial charge on any atom is 0.123 e. The molecule has 0 saturated carbocycles. The van der Waals surface area contributed by atoms with Crippen molar-refractivity contribution in [2.45, 2.75) is 6.54 Å². The summed E-state index contributed by atoms with van der Waals surface area (Å²) in [6.07, 6.45) is 3.45. The van der Waals surface area contributed by atoms with Crippen molar-refractivity contribution in [3.63, 3.8) is 0 Å². The van der Waals surface area contributed by atoms with Gasteiger partial charge in [-0.1, -0.05) is 24.3 Å². The maximum atomic E-state index is 9.80. The molecule has 3 aromatic rings. The first-order chi connectivity index (χ1) is 8.84. The number of phenolic OH excluding ortho intramolecular Hbond substituents is 1. The van der Waals surface area contributed by atoms with Crippen LogP contribution in [0.5, 0.6) is 5.75 Å². The van der Waals surface area contributed by atoms with Crippen molar-refractivity contribution in [3.05, 3.63) is 54.6 Å². The molecule has 3 rings (SSSR count). The molecule has 1 heterocycles. The lowest BCUT2D eigenvalue weighted by molar-refractivity contribution is 0.481. The van der Waals surface area contributed by atoms with Crippen LogP contribution < -0.4 is 5.32 Å². The summed E-state index contributed by atoms with van der Waals surface area (Å²) in [6.45, 7) is 0.675. The highest BCUT2D eigenvalue weighted by atomic mass is 16.3. The third kappa shape index (κ3) is 1.88. The number of nitrogens with zero attached hydrogens (tertiary/aromatic N) is 1. The molecule has 0 atom stereocenters. The van der Waals surface area contributed by atoms with Crippen molar-refractivity contribution < 1.29 is 5.11 Å². The molecule has 4 nitrogen and oxygen atoms in total. The molecule has 0 aliphatic carbocycles. The topological polar surface area (TPSA) is 60.9 Å². The van der Waals surface area contributed by atoms with Crippen LogP contribution in [0, 0.1) is 0 Å². The zero-order valence-corrected chi connectivity index (χ0v) is 9.72. The molecular formula is C14H13N3O. The van der Waals surface area contributed by atoms with Gasteiger partial charge in [0.05, 0.1) is 18.6 Å². The highest BCUT2D eigenvalue weighted by Crippen LogP contribution is 2.29. The average Bonchev–Trinajstić information content (AvgIpc) is 2.90. The van der Waals surface area contributed by atoms with Crippen molar-refractivity contribution >= 4 is 16.5 Å². The standard InChI is InChI=1S/C14H13N3O/c18-14-6-2-3-11-12(14)4-1-5-13(11)16-8-10-7-15-9-17-10/h1-7,9,16,18H,8H2,(H,15,17). The van der Waals surface area contributed by atoms with Gasteiger partial charge in [-0.25, -0.2) is 4.98 Å². The van der Waals surface area contributed by atoms with Gasteiger partial charge in [-0.3, -0.25) is 0 Å². The Morgan fingerprint density at radius 3 is 2.78 bits per heavy atom. The van der Waals surface area contributed by atoms with Gasteiger partial charge in [0.25, 0.3) is 0 Å². The summed E-state index contributed by atoms with van der Waals surface area (Å²) < 4.78 is 0. The lowest BCUT2D eigenvalue weighted by Gasteiger charge is -2.09. The number of hydrogen-bond donors (Lipinski definition) is 3. The third-order valence-electron chi connectivity index (χ3n) is 2.92. The lowest BCUT2D eigenvalue weighted by atomic mass is 10.1. The first kappa shape index (κ1) is 10.7. The second kappa shape index (κ2) is 4.41. The van der Waals surface area contributed by atoms with E-state index >= 15 is 0 Å². The average molecular weight is 239 g/mol. The number of fused-ring (bicyclic) bond motifs is 1. The second-order valence-corrected chi connectivity index (χ2v) is 4.11. The van der Waals surface area contributed by atoms with E-state index in [4.69, 9.17) is 0 Å². The van der Waals surface area contributed by atoms with Crippen LogP contribution in [0.3, 0.4) is 0 Å². The van der Waals surface area contributed by atoms with Crippen molar-refractivity contribution in [3.8, 4) is 5.75 Å². The number of imidazole rings is 1. The van der Waals surface area contributed by atoms with Gasteiger partial charge >= 0.3 is 0 Å². The Balaban J connectivity index is 1.94. The van der Waals surface area contributed by atoms with Crippen molar-refractivity contribution in [1.29, 1.82) is 0 Å². The molecule has 0 radical (unpaired) electrons. The second-order valence-electron chi connectivity index (χ2n) is 4.11. The smallest absolute Gasteiger partial charge is 0.123 e. The number of phenols is 1. The molecule has 18 heavy (non-hydrogen) atoms. The van der Waals surface area contributed by atoms with Crippen molar-refractivity contribution in [2.24, 2.45) is 0 Å². The number of H-pyrrole nitrogens is 1. The van der Waals surface area contributed by atoms with Crippen LogP contribution in [0.15, 0.2) is 48.9 Å². The molecule has 0 aliphatic heterocycles. The number of anilines is 1. The van der Waals surface area contributed by atoms with Gasteiger partial charge in [-0.15, -0.1) is 0 Å². The van der Waals surface area contributed by atoms with Crippen molar-refractivity contribution in [1.82, 2.24) is 9.97 Å². The fraction of sp³-hybridized carbons (Fsp3) is 0.0714. The summed E-state index contributed by atoms with van der Waals surface area (Å²) >= 11 is 0. The quantitative estimate of drug-likeness (QED) is 0.658. The molecule has 0 unspecified atom stereocenters. The van der Waals surface area contributed by atoms with E-state index in [2.05, 4.69) is 15.3 Å². The molecule has 4 heteroatoms. The Hall–Kier alpha value is -2.49. The third-order valence-corrected chi connectivity index (χ3v) is 2.92. The van der Waals surface area contributed by atoms with Gasteiger partial charge in [0.2, 0.25) is 0 Å². The fourth-order valence-electron chi connectivity index (χ4n) is 2.02. The van der Waals surface area contributed by atoms with E-state index in [-0.39, 0.29) is 0 Å². The molecule has 2 aromatic carbocycles. The predicted molar refractivity (Wildman–Crippen MR) is 71.5 cm³/mol. The zero-order chi connectivity index (χ0) is 12.4. The summed E-state index contributed by atoms with van der Waals surface area (Å²) in [5.74, 6) is 0.303. The molecule has 0 amide bonds. The predicted octanol–water partition coefficient (Wildman–Crippen LogP) is 2.88. The van der Waals surface area contributed by atoms with Gasteiger partial charge in [0.1, 0.15) is 5.75 Å². The van der Waals surface area contributed by atoms with Gasteiger partial charge in [0.15, 0.2) is 0 Å². The highest BCUT2D eigenvalue weighted by molar-refractivity contribution is 5.97. The summed E-state index contributed by atoms with van der Waals surface area (Å²) in [5, 5.41) is 15.0. The Morgan fingerprint density at radius 1 is 1.11 bits per heavy atom. The minimum absolute atomic E-state index is 0.303. The van der Waals surface area contributed by atoms with Crippen LogP contribution in [0.1, 0.15) is 5.69 Å². The van der Waals surface area contributed by atoms with E-state index in [1.54, 1.807) is 18.6 Å². The molecule has 1 aromatic heterocycles. The van der Waals surface area contributed by atoms with E-state index < -0.39 is 0 Å². The number of benzene rings is 2. The van der Waals surface area contributed by atoms with Gasteiger partial charge in [0, 0.05) is 22.7 Å². The van der Waals surface area contributed by atoms with Gasteiger partial charge in [-0.05, 0) is 12.1 Å². The molecule has 3 N–H and O–H groups in total. The Morgan fingerprint density at radius 2 is 1.94 bits per heavy atom. The Bertz CT molecular complexity index is 662. The molecular weight excluding hydrogens is 226 g/mol. The number of aromatic amines is 1. The lowest BCUT2D eigenvalue weighted by Crippen LogP contribution is -1.99. The summed E-state index contributed by atoms with van der Waals surface area (Å²) in [7, 11) is 0. The van der Waals surface area contributed by atoms with E-state index in [0.29, 0.717) is 12.3 Å². The van der Waals surface area contributed by atoms with Crippen LogP contribution in [-0.4, -0.2) is 15.1 Å². The number of hydrogen-bond acceptors (Lipinski definition) is 3. The van der Waals surface area contributed by atoms with Crippen LogP contribution in [0.25, 0.3) is 10.8 Å².